The molecule has 0 saturated heterocycles. The summed E-state index contributed by atoms with van der Waals surface area (Å²) in [5, 5.41) is 6.84. The van der Waals surface area contributed by atoms with E-state index in [2.05, 4.69) is 10.4 Å². The van der Waals surface area contributed by atoms with Crippen LogP contribution >= 0.6 is 0 Å². The van der Waals surface area contributed by atoms with E-state index in [1.54, 1.807) is 10.9 Å². The first kappa shape index (κ1) is 8.10. The molecule has 3 N–H and O–H groups in total. The molecule has 0 spiro atoms. The lowest BCUT2D eigenvalue weighted by molar-refractivity contribution is 0.259. The van der Waals surface area contributed by atoms with Crippen molar-refractivity contribution in [2.75, 3.05) is 5.32 Å². The van der Waals surface area contributed by atoms with Crippen molar-refractivity contribution in [3.8, 4) is 0 Å². The number of hydrogen-bond acceptors (Lipinski definition) is 2. The first-order valence-corrected chi connectivity index (χ1v) is 4.27. The molecule has 1 fully saturated rings. The highest BCUT2D eigenvalue weighted by Crippen LogP contribution is 2.42. The molecule has 1 saturated carbocycles. The van der Waals surface area contributed by atoms with Crippen molar-refractivity contribution in [2.45, 2.75) is 18.8 Å². The number of nitrogens with two attached hydrogens (primary N) is 1. The molecule has 1 aromatic rings. The van der Waals surface area contributed by atoms with Crippen LogP contribution in [0.4, 0.5) is 10.5 Å². The number of anilines is 1. The Labute approximate surface area is 75.9 Å². The van der Waals surface area contributed by atoms with Gasteiger partial charge >= 0.3 is 6.03 Å². The zero-order chi connectivity index (χ0) is 9.42. The van der Waals surface area contributed by atoms with E-state index in [4.69, 9.17) is 5.73 Å². The summed E-state index contributed by atoms with van der Waals surface area (Å²) in [6.45, 7) is 0. The fourth-order valence-corrected chi connectivity index (χ4v) is 1.39. The summed E-state index contributed by atoms with van der Waals surface area (Å²) < 4.78 is 1.69. The lowest BCUT2D eigenvalue weighted by Gasteiger charge is -1.98. The van der Waals surface area contributed by atoms with Crippen LogP contribution in [0.5, 0.6) is 0 Å². The number of amides is 2. The van der Waals surface area contributed by atoms with Gasteiger partial charge in [-0.05, 0) is 12.8 Å². The maximum Gasteiger partial charge on any atom is 0.316 e. The summed E-state index contributed by atoms with van der Waals surface area (Å²) >= 11 is 0. The van der Waals surface area contributed by atoms with E-state index < -0.39 is 6.03 Å². The highest BCUT2D eigenvalue weighted by molar-refractivity contribution is 5.88. The molecular weight excluding hydrogens is 168 g/mol. The molecule has 2 rings (SSSR count). The predicted octanol–water partition coefficient (Wildman–Crippen LogP) is 0.788. The van der Waals surface area contributed by atoms with Gasteiger partial charge in [0.2, 0.25) is 0 Å². The monoisotopic (exact) mass is 180 g/mol. The number of hydrogen-bond donors (Lipinski definition) is 2. The standard InChI is InChI=1S/C8H12N4O/c1-12-4-6(10-8(9)13)7(11-12)5-2-3-5/h4-5H,2-3H2,1H3,(H3,9,10,13). The van der Waals surface area contributed by atoms with E-state index in [1.165, 1.54) is 0 Å². The van der Waals surface area contributed by atoms with Crippen molar-refractivity contribution in [3.05, 3.63) is 11.9 Å². The molecule has 0 aliphatic heterocycles. The summed E-state index contributed by atoms with van der Waals surface area (Å²) in [6.07, 6.45) is 4.09. The van der Waals surface area contributed by atoms with E-state index >= 15 is 0 Å². The number of aromatic nitrogens is 2. The number of nitrogens with zero attached hydrogens (tertiary/aromatic N) is 2. The van der Waals surface area contributed by atoms with E-state index in [9.17, 15) is 4.79 Å². The third-order valence-corrected chi connectivity index (χ3v) is 2.08. The molecule has 1 heterocycles. The second kappa shape index (κ2) is 2.76. The van der Waals surface area contributed by atoms with Crippen LogP contribution < -0.4 is 11.1 Å². The van der Waals surface area contributed by atoms with Crippen molar-refractivity contribution in [3.63, 3.8) is 0 Å². The van der Waals surface area contributed by atoms with E-state index in [1.807, 2.05) is 7.05 Å². The summed E-state index contributed by atoms with van der Waals surface area (Å²) in [6, 6.07) is -0.532. The lowest BCUT2D eigenvalue weighted by Crippen LogP contribution is -2.19. The molecule has 0 aromatic carbocycles. The Morgan fingerprint density at radius 1 is 1.77 bits per heavy atom. The first-order chi connectivity index (χ1) is 6.16. The van der Waals surface area contributed by atoms with Gasteiger partial charge in [-0.3, -0.25) is 4.68 Å². The molecule has 0 radical (unpaired) electrons. The van der Waals surface area contributed by atoms with Crippen LogP contribution in [0.2, 0.25) is 0 Å². The van der Waals surface area contributed by atoms with Crippen LogP contribution in [0.1, 0.15) is 24.5 Å². The Morgan fingerprint density at radius 2 is 2.46 bits per heavy atom. The maximum atomic E-state index is 10.6. The number of carbonyl (C=O) groups is 1. The van der Waals surface area contributed by atoms with Crippen LogP contribution in [-0.4, -0.2) is 15.8 Å². The third-order valence-electron chi connectivity index (χ3n) is 2.08. The number of rotatable bonds is 2. The van der Waals surface area contributed by atoms with Gasteiger partial charge in [-0.1, -0.05) is 0 Å². The molecule has 0 unspecified atom stereocenters. The van der Waals surface area contributed by atoms with Gasteiger partial charge in [-0.15, -0.1) is 0 Å². The van der Waals surface area contributed by atoms with E-state index in [0.29, 0.717) is 5.92 Å². The second-order valence-electron chi connectivity index (χ2n) is 3.37. The van der Waals surface area contributed by atoms with Crippen molar-refractivity contribution < 1.29 is 4.79 Å². The Bertz CT molecular complexity index is 340. The minimum absolute atomic E-state index is 0.517. The fraction of sp³-hybridized carbons (Fsp3) is 0.500. The van der Waals surface area contributed by atoms with Crippen LogP contribution in [0.25, 0.3) is 0 Å². The molecule has 70 valence electrons. The Balaban J connectivity index is 2.25. The summed E-state index contributed by atoms with van der Waals surface area (Å²) in [7, 11) is 1.83. The van der Waals surface area contributed by atoms with Gasteiger partial charge in [0.05, 0.1) is 11.4 Å². The first-order valence-electron chi connectivity index (χ1n) is 4.27. The SMILES string of the molecule is Cn1cc(NC(N)=O)c(C2CC2)n1. The molecule has 2 amide bonds. The second-order valence-corrected chi connectivity index (χ2v) is 3.37. The maximum absolute atomic E-state index is 10.6. The van der Waals surface area contributed by atoms with Gasteiger partial charge in [0, 0.05) is 19.2 Å². The Kier molecular flexibility index (Phi) is 1.72. The predicted molar refractivity (Wildman–Crippen MR) is 48.4 cm³/mol. The largest absolute Gasteiger partial charge is 0.351 e. The smallest absolute Gasteiger partial charge is 0.316 e. The normalized spacial score (nSPS) is 15.8. The molecule has 5 heteroatoms. The van der Waals surface area contributed by atoms with Crippen molar-refractivity contribution in [2.24, 2.45) is 12.8 Å². The van der Waals surface area contributed by atoms with Crippen LogP contribution in [0.15, 0.2) is 6.20 Å². The van der Waals surface area contributed by atoms with Crippen molar-refractivity contribution in [1.29, 1.82) is 0 Å². The average Bonchev–Trinajstić information content (AvgIpc) is 2.77. The summed E-state index contributed by atoms with van der Waals surface area (Å²) in [4.78, 5) is 10.6. The molecule has 13 heavy (non-hydrogen) atoms. The zero-order valence-corrected chi connectivity index (χ0v) is 7.45. The molecule has 0 atom stereocenters. The number of nitrogens with one attached hydrogen (secondary N) is 1. The molecule has 1 aliphatic carbocycles. The number of primary amides is 1. The third kappa shape index (κ3) is 1.63. The van der Waals surface area contributed by atoms with Gasteiger partial charge in [-0.2, -0.15) is 5.10 Å². The molecule has 1 aromatic heterocycles. The Morgan fingerprint density at radius 3 is 3.00 bits per heavy atom. The van der Waals surface area contributed by atoms with Crippen molar-refractivity contribution in [1.82, 2.24) is 9.78 Å². The minimum Gasteiger partial charge on any atom is -0.351 e. The van der Waals surface area contributed by atoms with E-state index in [0.717, 1.165) is 24.2 Å². The quantitative estimate of drug-likeness (QED) is 0.706. The lowest BCUT2D eigenvalue weighted by atomic mass is 10.2. The van der Waals surface area contributed by atoms with Crippen LogP contribution in [-0.2, 0) is 7.05 Å². The van der Waals surface area contributed by atoms with Gasteiger partial charge in [0.15, 0.2) is 0 Å². The summed E-state index contributed by atoms with van der Waals surface area (Å²) in [5.74, 6) is 0.517. The highest BCUT2D eigenvalue weighted by atomic mass is 16.2. The highest BCUT2D eigenvalue weighted by Gasteiger charge is 2.29. The van der Waals surface area contributed by atoms with Crippen LogP contribution in [0, 0.1) is 0 Å². The minimum atomic E-state index is -0.532. The molecular formula is C8H12N4O. The number of aryl methyl sites for hydroxylation is 1. The van der Waals surface area contributed by atoms with Crippen molar-refractivity contribution >= 4 is 11.7 Å². The number of urea groups is 1. The van der Waals surface area contributed by atoms with Crippen LogP contribution in [0.3, 0.4) is 0 Å². The van der Waals surface area contributed by atoms with E-state index in [-0.39, 0.29) is 0 Å². The fourth-order valence-electron chi connectivity index (χ4n) is 1.39. The summed E-state index contributed by atoms with van der Waals surface area (Å²) in [5.41, 5.74) is 6.74. The zero-order valence-electron chi connectivity index (χ0n) is 7.45. The molecule has 1 aliphatic rings. The Hall–Kier alpha value is -1.52. The van der Waals surface area contributed by atoms with Gasteiger partial charge in [-0.25, -0.2) is 4.79 Å². The van der Waals surface area contributed by atoms with Gasteiger partial charge < -0.3 is 11.1 Å². The number of carbonyl (C=O) groups excluding carboxylic acids is 1. The van der Waals surface area contributed by atoms with Gasteiger partial charge in [0.1, 0.15) is 0 Å². The average molecular weight is 180 g/mol. The molecule has 0 bridgehead atoms. The van der Waals surface area contributed by atoms with Gasteiger partial charge in [0.25, 0.3) is 0 Å². The topological polar surface area (TPSA) is 72.9 Å². The molecule has 5 nitrogen and oxygen atoms in total.